The van der Waals surface area contributed by atoms with Gasteiger partial charge in [-0.3, -0.25) is 14.4 Å². The van der Waals surface area contributed by atoms with Gasteiger partial charge in [0.05, 0.1) is 47.8 Å². The highest BCUT2D eigenvalue weighted by Gasteiger charge is 2.49. The van der Waals surface area contributed by atoms with E-state index in [1.807, 2.05) is 42.5 Å². The summed E-state index contributed by atoms with van der Waals surface area (Å²) in [6.45, 7) is 3.10. The van der Waals surface area contributed by atoms with E-state index in [9.17, 15) is 34.8 Å². The van der Waals surface area contributed by atoms with Gasteiger partial charge in [-0.2, -0.15) is 5.10 Å². The molecule has 4 aromatic carbocycles. The number of aliphatic hydroxyl groups is 2. The van der Waals surface area contributed by atoms with Crippen molar-refractivity contribution in [2.75, 3.05) is 7.11 Å². The number of aromatic hydroxyl groups is 2. The molecule has 0 aromatic heterocycles. The minimum atomic E-state index is -1.91. The Labute approximate surface area is 316 Å². The predicted molar refractivity (Wildman–Crippen MR) is 199 cm³/mol. The number of carbonyl (C=O) groups is 3. The number of phenolic OH excluding ortho intramolecular Hbond substituents is 2. The average molecular weight is 758 g/mol. The highest BCUT2D eigenvalue weighted by Crippen LogP contribution is 2.52. The number of hydrazone groups is 1. The van der Waals surface area contributed by atoms with Gasteiger partial charge in [0.2, 0.25) is 5.78 Å². The van der Waals surface area contributed by atoms with Crippen molar-refractivity contribution in [3.8, 4) is 28.4 Å². The SMILES string of the molecule is COc1cccc2c1C(=O)c1c(O)c3c(c(O)c1C2=O)C[C@@](O)(/C(C)=N/NC(=O)c1ccc(-c2ccccc2)cc1)C[C@@H]3O[C@H]1C[C@H](N)[C@H](O)[C@H](C)O1.Cl. The van der Waals surface area contributed by atoms with Crippen molar-refractivity contribution in [3.05, 3.63) is 112 Å². The molecule has 7 rings (SSSR count). The summed E-state index contributed by atoms with van der Waals surface area (Å²) < 4.78 is 17.6. The number of amides is 1. The van der Waals surface area contributed by atoms with Crippen LogP contribution in [0.4, 0.5) is 0 Å². The fraction of sp³-hybridized carbons (Fsp3) is 0.300. The first-order valence-electron chi connectivity index (χ1n) is 17.2. The van der Waals surface area contributed by atoms with Crippen LogP contribution in [0.15, 0.2) is 77.9 Å². The van der Waals surface area contributed by atoms with Gasteiger partial charge in [-0.25, -0.2) is 5.43 Å². The molecule has 0 radical (unpaired) electrons. The third-order valence-electron chi connectivity index (χ3n) is 10.4. The second-order valence-corrected chi connectivity index (χ2v) is 13.7. The van der Waals surface area contributed by atoms with E-state index >= 15 is 0 Å². The second-order valence-electron chi connectivity index (χ2n) is 13.7. The summed E-state index contributed by atoms with van der Waals surface area (Å²) in [5.74, 6) is -3.12. The smallest absolute Gasteiger partial charge is 0.271 e. The molecule has 0 unspecified atom stereocenters. The maximum atomic E-state index is 14.0. The number of hydrogen-bond donors (Lipinski definition) is 6. The first-order valence-corrected chi connectivity index (χ1v) is 17.2. The van der Waals surface area contributed by atoms with Gasteiger partial charge in [0.25, 0.3) is 5.91 Å². The molecule has 54 heavy (non-hydrogen) atoms. The predicted octanol–water partition coefficient (Wildman–Crippen LogP) is 4.33. The third-order valence-corrected chi connectivity index (χ3v) is 10.4. The molecule has 1 fully saturated rings. The van der Waals surface area contributed by atoms with Crippen molar-refractivity contribution in [1.82, 2.24) is 5.43 Å². The molecule has 1 saturated heterocycles. The van der Waals surface area contributed by atoms with Crippen molar-refractivity contribution in [1.29, 1.82) is 0 Å². The van der Waals surface area contributed by atoms with Crippen LogP contribution in [-0.2, 0) is 15.9 Å². The van der Waals surface area contributed by atoms with E-state index in [4.69, 9.17) is 19.9 Å². The average Bonchev–Trinajstić information content (AvgIpc) is 3.16. The topological polar surface area (TPSA) is 210 Å². The van der Waals surface area contributed by atoms with Crippen molar-refractivity contribution in [3.63, 3.8) is 0 Å². The van der Waals surface area contributed by atoms with Crippen LogP contribution in [0.5, 0.6) is 17.2 Å². The van der Waals surface area contributed by atoms with E-state index in [-0.39, 0.29) is 65.4 Å². The molecule has 2 aliphatic carbocycles. The standard InChI is InChI=1S/C40H39N3O10.ClH/c1-19-34(44)26(41)16-29(52-19)53-28-18-40(50,20(2)42-43-39(49)23-14-12-22(13-15-23)21-8-5-4-6-9-21)17-25-31(28)38(48)33-32(36(25)46)35(45)24-10-7-11-27(51-3)30(24)37(33)47;/h4-15,19,26,28-29,34,44,46,48,50H,16-18,41H2,1-3H3,(H,43,49);1H/b42-20+;/t19-,26-,28-,29-,34+,40-;/m0./s1. The Hall–Kier alpha value is -5.15. The second kappa shape index (κ2) is 14.9. The first kappa shape index (κ1) is 38.6. The number of halogens is 1. The highest BCUT2D eigenvalue weighted by molar-refractivity contribution is 6.31. The fourth-order valence-electron chi connectivity index (χ4n) is 7.41. The Kier molecular flexibility index (Phi) is 10.7. The molecule has 3 aliphatic rings. The molecule has 1 amide bonds. The Balaban J connectivity index is 0.00000497. The Morgan fingerprint density at radius 1 is 0.944 bits per heavy atom. The molecule has 0 saturated carbocycles. The molecule has 1 aliphatic heterocycles. The monoisotopic (exact) mass is 757 g/mol. The number of phenols is 2. The van der Waals surface area contributed by atoms with E-state index in [1.165, 1.54) is 32.2 Å². The van der Waals surface area contributed by atoms with Gasteiger partial charge in [-0.15, -0.1) is 12.4 Å². The van der Waals surface area contributed by atoms with Crippen LogP contribution in [0.3, 0.4) is 0 Å². The summed E-state index contributed by atoms with van der Waals surface area (Å²) in [5, 5.41) is 50.5. The lowest BCUT2D eigenvalue weighted by Crippen LogP contribution is -2.52. The van der Waals surface area contributed by atoms with Crippen LogP contribution in [0.2, 0.25) is 0 Å². The van der Waals surface area contributed by atoms with E-state index in [0.717, 1.165) is 11.1 Å². The number of rotatable bonds is 7. The van der Waals surface area contributed by atoms with E-state index in [1.54, 1.807) is 19.1 Å². The number of carbonyl (C=O) groups excluding carboxylic acids is 3. The molecule has 0 bridgehead atoms. The summed E-state index contributed by atoms with van der Waals surface area (Å²) in [7, 11) is 1.35. The number of ketones is 2. The molecule has 1 heterocycles. The zero-order chi connectivity index (χ0) is 37.8. The number of ether oxygens (including phenoxy) is 3. The van der Waals surface area contributed by atoms with Gasteiger partial charge in [0.15, 0.2) is 12.1 Å². The van der Waals surface area contributed by atoms with Crippen LogP contribution in [0.1, 0.15) is 86.1 Å². The van der Waals surface area contributed by atoms with Crippen molar-refractivity contribution < 1.29 is 49.0 Å². The lowest BCUT2D eigenvalue weighted by molar-refractivity contribution is -0.245. The minimum absolute atomic E-state index is 0. The maximum absolute atomic E-state index is 14.0. The number of fused-ring (bicyclic) bond motifs is 3. The number of benzene rings is 4. The number of hydrogen-bond acceptors (Lipinski definition) is 12. The van der Waals surface area contributed by atoms with Crippen LogP contribution < -0.4 is 15.9 Å². The van der Waals surface area contributed by atoms with Gasteiger partial charge in [0, 0.05) is 47.6 Å². The lowest BCUT2D eigenvalue weighted by atomic mass is 9.71. The number of aliphatic hydroxyl groups excluding tert-OH is 1. The highest BCUT2D eigenvalue weighted by atomic mass is 35.5. The molecule has 0 spiro atoms. The van der Waals surface area contributed by atoms with E-state index < -0.39 is 76.3 Å². The Bertz CT molecular complexity index is 2150. The molecule has 6 atom stereocenters. The van der Waals surface area contributed by atoms with Crippen LogP contribution in [-0.4, -0.2) is 80.9 Å². The Morgan fingerprint density at radius 3 is 2.28 bits per heavy atom. The normalized spacial score (nSPS) is 24.8. The van der Waals surface area contributed by atoms with Gasteiger partial charge in [-0.05, 0) is 43.2 Å². The summed E-state index contributed by atoms with van der Waals surface area (Å²) in [6, 6.07) is 20.3. The quantitative estimate of drug-likeness (QED) is 0.0782. The van der Waals surface area contributed by atoms with Crippen LogP contribution in [0.25, 0.3) is 11.1 Å². The molecule has 14 heteroatoms. The van der Waals surface area contributed by atoms with Gasteiger partial charge in [-0.1, -0.05) is 54.6 Å². The first-order chi connectivity index (χ1) is 25.3. The lowest BCUT2D eigenvalue weighted by Gasteiger charge is -2.42. The summed E-state index contributed by atoms with van der Waals surface area (Å²) in [6.07, 6.45) is -4.60. The summed E-state index contributed by atoms with van der Waals surface area (Å²) >= 11 is 0. The molecular weight excluding hydrogens is 718 g/mol. The zero-order valence-electron chi connectivity index (χ0n) is 29.6. The van der Waals surface area contributed by atoms with Crippen LogP contribution in [0, 0.1) is 0 Å². The van der Waals surface area contributed by atoms with E-state index in [2.05, 4.69) is 10.5 Å². The molecule has 4 aromatic rings. The number of nitrogens with two attached hydrogens (primary N) is 1. The number of methoxy groups -OCH3 is 1. The van der Waals surface area contributed by atoms with Crippen molar-refractivity contribution in [2.45, 2.75) is 69.4 Å². The van der Waals surface area contributed by atoms with Crippen molar-refractivity contribution in [2.24, 2.45) is 10.8 Å². The molecule has 282 valence electrons. The minimum Gasteiger partial charge on any atom is -0.507 e. The maximum Gasteiger partial charge on any atom is 0.271 e. The molecule has 7 N–H and O–H groups in total. The van der Waals surface area contributed by atoms with Gasteiger partial charge in [0.1, 0.15) is 22.8 Å². The van der Waals surface area contributed by atoms with Gasteiger partial charge < -0.3 is 40.4 Å². The Morgan fingerprint density at radius 2 is 1.61 bits per heavy atom. The number of nitrogens with one attached hydrogen (secondary N) is 1. The summed E-state index contributed by atoms with van der Waals surface area (Å²) in [4.78, 5) is 41.0. The van der Waals surface area contributed by atoms with E-state index in [0.29, 0.717) is 5.56 Å². The largest absolute Gasteiger partial charge is 0.507 e. The third kappa shape index (κ3) is 6.63. The molecule has 13 nitrogen and oxygen atoms in total. The van der Waals surface area contributed by atoms with Crippen molar-refractivity contribution >= 4 is 35.6 Å². The zero-order valence-corrected chi connectivity index (χ0v) is 30.4. The van der Waals surface area contributed by atoms with Crippen LogP contribution >= 0.6 is 12.4 Å². The van der Waals surface area contributed by atoms with Gasteiger partial charge >= 0.3 is 0 Å². The summed E-state index contributed by atoms with van der Waals surface area (Å²) in [5.41, 5.74) is 7.96. The number of nitrogens with zero attached hydrogens (tertiary/aromatic N) is 1. The fourth-order valence-corrected chi connectivity index (χ4v) is 7.41. The molecular formula is C40H40ClN3O10.